The molecule has 0 unspecified atom stereocenters. The second kappa shape index (κ2) is 16.7. The second-order valence-electron chi connectivity index (χ2n) is 12.7. The van der Waals surface area contributed by atoms with Crippen molar-refractivity contribution in [3.05, 3.63) is 39.6 Å². The summed E-state index contributed by atoms with van der Waals surface area (Å²) in [7, 11) is 0. The molecule has 4 rings (SSSR count). The number of likely N-dealkylation sites (tertiary alicyclic amines) is 1. The van der Waals surface area contributed by atoms with Gasteiger partial charge in [0.05, 0.1) is 18.7 Å². The van der Waals surface area contributed by atoms with E-state index in [0.29, 0.717) is 54.4 Å². The number of hydrogen-bond donors (Lipinski definition) is 4. The van der Waals surface area contributed by atoms with Crippen LogP contribution in [-0.2, 0) is 4.74 Å². The van der Waals surface area contributed by atoms with Crippen molar-refractivity contribution < 1.29 is 29.0 Å². The van der Waals surface area contributed by atoms with E-state index < -0.39 is 17.6 Å². The number of nitrogens with two attached hydrogens (primary N) is 1. The standard InChI is InChI=1S/C32H46Cl2N8O6/c1-5-21-19-41(28-26(34)38-25(27(35)39-28)29(44)36-10-16-43)14-15-42(21)22-8-12-40(13-9-22)30(45)23-7-6-20(33)18-24(23)47-17-11-37-31(46)48-32(2,3)4/h6-7,18,21-22,43H,5,8-17,19H2,1-4H3,(H2,35,39)(H,36,44)(H,37,46)/t21-/m0/s1. The average molecular weight is 710 g/mol. The minimum atomic E-state index is -0.605. The van der Waals surface area contributed by atoms with E-state index in [9.17, 15) is 14.4 Å². The molecule has 0 radical (unpaired) electrons. The monoisotopic (exact) mass is 708 g/mol. The fraction of sp³-hybridized carbons (Fsp3) is 0.594. The van der Waals surface area contributed by atoms with Gasteiger partial charge in [-0.15, -0.1) is 0 Å². The van der Waals surface area contributed by atoms with Crippen molar-refractivity contribution in [2.45, 2.75) is 64.6 Å². The molecule has 1 atom stereocenters. The summed E-state index contributed by atoms with van der Waals surface area (Å²) in [6.07, 6.45) is 1.99. The van der Waals surface area contributed by atoms with Gasteiger partial charge in [0.2, 0.25) is 0 Å². The van der Waals surface area contributed by atoms with E-state index in [-0.39, 0.29) is 54.9 Å². The number of nitrogens with one attached hydrogen (secondary N) is 2. The Kier molecular flexibility index (Phi) is 12.9. The van der Waals surface area contributed by atoms with Crippen LogP contribution < -0.4 is 26.0 Å². The van der Waals surface area contributed by atoms with Crippen molar-refractivity contribution in [3.63, 3.8) is 0 Å². The highest BCUT2D eigenvalue weighted by Gasteiger charge is 2.36. The summed E-state index contributed by atoms with van der Waals surface area (Å²) in [5, 5.41) is 14.7. The molecule has 3 amide bonds. The summed E-state index contributed by atoms with van der Waals surface area (Å²) in [5.74, 6) is 0.105. The van der Waals surface area contributed by atoms with Crippen LogP contribution in [0, 0.1) is 0 Å². The Morgan fingerprint density at radius 2 is 1.79 bits per heavy atom. The van der Waals surface area contributed by atoms with Gasteiger partial charge in [0.25, 0.3) is 11.8 Å². The van der Waals surface area contributed by atoms with Crippen molar-refractivity contribution in [2.24, 2.45) is 0 Å². The van der Waals surface area contributed by atoms with Crippen LogP contribution in [-0.4, -0.2) is 119 Å². The molecule has 14 nitrogen and oxygen atoms in total. The third kappa shape index (κ3) is 9.74. The van der Waals surface area contributed by atoms with Gasteiger partial charge >= 0.3 is 6.09 Å². The van der Waals surface area contributed by atoms with E-state index in [2.05, 4.69) is 37.3 Å². The molecule has 16 heteroatoms. The van der Waals surface area contributed by atoms with Crippen molar-refractivity contribution in [2.75, 3.05) is 69.7 Å². The first kappa shape index (κ1) is 37.2. The quantitative estimate of drug-likeness (QED) is 0.252. The summed E-state index contributed by atoms with van der Waals surface area (Å²) in [6.45, 7) is 11.0. The van der Waals surface area contributed by atoms with E-state index in [1.165, 1.54) is 0 Å². The fourth-order valence-corrected chi connectivity index (χ4v) is 6.35. The minimum absolute atomic E-state index is 0.0240. The molecule has 48 heavy (non-hydrogen) atoms. The van der Waals surface area contributed by atoms with Gasteiger partial charge in [0, 0.05) is 56.4 Å². The predicted molar refractivity (Wildman–Crippen MR) is 184 cm³/mol. The second-order valence-corrected chi connectivity index (χ2v) is 13.5. The lowest BCUT2D eigenvalue weighted by Gasteiger charge is -2.47. The molecule has 2 aromatic rings. The molecule has 2 aliphatic rings. The van der Waals surface area contributed by atoms with Crippen LogP contribution in [0.5, 0.6) is 5.75 Å². The summed E-state index contributed by atoms with van der Waals surface area (Å²) in [5.41, 5.74) is 5.82. The Bertz CT molecular complexity index is 1450. The molecule has 3 heterocycles. The first-order chi connectivity index (χ1) is 22.8. The number of aliphatic hydroxyl groups is 1. The minimum Gasteiger partial charge on any atom is -0.491 e. The maximum absolute atomic E-state index is 13.6. The number of nitrogens with zero attached hydrogens (tertiary/aromatic N) is 5. The summed E-state index contributed by atoms with van der Waals surface area (Å²) in [4.78, 5) is 52.9. The predicted octanol–water partition coefficient (Wildman–Crippen LogP) is 3.20. The first-order valence-electron chi connectivity index (χ1n) is 16.2. The number of carbonyl (C=O) groups is 3. The number of amides is 3. The zero-order valence-electron chi connectivity index (χ0n) is 27.9. The highest BCUT2D eigenvalue weighted by atomic mass is 35.5. The Morgan fingerprint density at radius 3 is 2.46 bits per heavy atom. The molecule has 2 aliphatic heterocycles. The Balaban J connectivity index is 1.33. The summed E-state index contributed by atoms with van der Waals surface area (Å²) in [6, 6.07) is 5.47. The molecule has 5 N–H and O–H groups in total. The number of rotatable bonds is 11. The van der Waals surface area contributed by atoms with E-state index in [0.717, 1.165) is 25.8 Å². The van der Waals surface area contributed by atoms with Gasteiger partial charge in [-0.25, -0.2) is 14.8 Å². The van der Waals surface area contributed by atoms with Crippen LogP contribution in [0.1, 0.15) is 67.8 Å². The summed E-state index contributed by atoms with van der Waals surface area (Å²) >= 11 is 12.7. The molecule has 0 aliphatic carbocycles. The van der Waals surface area contributed by atoms with E-state index in [1.54, 1.807) is 39.0 Å². The number of benzene rings is 1. The molecule has 264 valence electrons. The zero-order valence-corrected chi connectivity index (χ0v) is 29.4. The number of alkyl carbamates (subject to hydrolysis) is 1. The third-order valence-corrected chi connectivity index (χ3v) is 8.69. The van der Waals surface area contributed by atoms with Gasteiger partial charge < -0.3 is 40.7 Å². The normalized spacial score (nSPS) is 17.6. The lowest BCUT2D eigenvalue weighted by molar-refractivity contribution is 0.0482. The average Bonchev–Trinajstić information content (AvgIpc) is 3.05. The van der Waals surface area contributed by atoms with Crippen LogP contribution in [0.15, 0.2) is 18.2 Å². The molecular formula is C32H46Cl2N8O6. The maximum Gasteiger partial charge on any atom is 0.407 e. The smallest absolute Gasteiger partial charge is 0.407 e. The largest absolute Gasteiger partial charge is 0.491 e. The number of nitrogen functional groups attached to an aromatic ring is 1. The van der Waals surface area contributed by atoms with Crippen molar-refractivity contribution >= 4 is 52.7 Å². The molecule has 0 spiro atoms. The van der Waals surface area contributed by atoms with Crippen LogP contribution in [0.2, 0.25) is 10.2 Å². The van der Waals surface area contributed by atoms with Crippen LogP contribution in [0.25, 0.3) is 0 Å². The van der Waals surface area contributed by atoms with E-state index in [4.69, 9.17) is 43.5 Å². The first-order valence-corrected chi connectivity index (χ1v) is 17.0. The number of carbonyl (C=O) groups excluding carboxylic acids is 3. The Labute approximate surface area is 291 Å². The zero-order chi connectivity index (χ0) is 35.0. The Morgan fingerprint density at radius 1 is 1.06 bits per heavy atom. The SMILES string of the molecule is CC[C@H]1CN(c2nc(N)c(C(=O)NCCO)nc2Cl)CCN1C1CCN(C(=O)c2ccc(Cl)cc2OCCNC(=O)OC(C)(C)C)CC1. The topological polar surface area (TPSA) is 175 Å². The number of piperazine rings is 1. The highest BCUT2D eigenvalue weighted by molar-refractivity contribution is 6.32. The molecule has 2 fully saturated rings. The number of anilines is 2. The molecular weight excluding hydrogens is 663 g/mol. The number of aromatic nitrogens is 2. The Hall–Kier alpha value is -3.59. The van der Waals surface area contributed by atoms with Crippen LogP contribution >= 0.6 is 23.2 Å². The molecule has 1 aromatic carbocycles. The number of aliphatic hydroxyl groups excluding tert-OH is 1. The van der Waals surface area contributed by atoms with Gasteiger partial charge in [0.1, 0.15) is 18.0 Å². The maximum atomic E-state index is 13.6. The van der Waals surface area contributed by atoms with Gasteiger partial charge in [0.15, 0.2) is 22.5 Å². The molecule has 2 saturated heterocycles. The highest BCUT2D eigenvalue weighted by Crippen LogP contribution is 2.31. The van der Waals surface area contributed by atoms with Crippen molar-refractivity contribution in [3.8, 4) is 5.75 Å². The van der Waals surface area contributed by atoms with Gasteiger partial charge in [-0.1, -0.05) is 30.1 Å². The van der Waals surface area contributed by atoms with Crippen LogP contribution in [0.4, 0.5) is 16.4 Å². The molecule has 0 bridgehead atoms. The third-order valence-electron chi connectivity index (χ3n) is 8.20. The van der Waals surface area contributed by atoms with Gasteiger partial charge in [-0.05, 0) is 58.2 Å². The molecule has 0 saturated carbocycles. The lowest BCUT2D eigenvalue weighted by atomic mass is 9.97. The van der Waals surface area contributed by atoms with E-state index in [1.807, 2.05) is 4.90 Å². The van der Waals surface area contributed by atoms with Crippen LogP contribution in [0.3, 0.4) is 0 Å². The van der Waals surface area contributed by atoms with Crippen molar-refractivity contribution in [1.82, 2.24) is 30.4 Å². The number of piperidine rings is 1. The number of halogens is 2. The lowest BCUT2D eigenvalue weighted by Crippen LogP contribution is -2.58. The molecule has 1 aromatic heterocycles. The summed E-state index contributed by atoms with van der Waals surface area (Å²) < 4.78 is 11.1. The van der Waals surface area contributed by atoms with Crippen molar-refractivity contribution in [1.29, 1.82) is 0 Å². The van der Waals surface area contributed by atoms with Gasteiger partial charge in [-0.2, -0.15) is 0 Å². The fourth-order valence-electron chi connectivity index (χ4n) is 5.94. The number of hydrogen-bond acceptors (Lipinski definition) is 11. The van der Waals surface area contributed by atoms with E-state index >= 15 is 0 Å². The number of ether oxygens (including phenoxy) is 2. The van der Waals surface area contributed by atoms with Gasteiger partial charge in [-0.3, -0.25) is 14.5 Å².